The van der Waals surface area contributed by atoms with E-state index in [0.717, 1.165) is 24.2 Å². The van der Waals surface area contributed by atoms with Crippen LogP contribution in [0.5, 0.6) is 5.75 Å². The first-order chi connectivity index (χ1) is 14.1. The van der Waals surface area contributed by atoms with Crippen LogP contribution in [-0.4, -0.2) is 48.8 Å². The minimum Gasteiger partial charge on any atom is -0.495 e. The molecule has 5 aliphatic heterocycles. The van der Waals surface area contributed by atoms with E-state index in [9.17, 15) is 4.79 Å². The van der Waals surface area contributed by atoms with Crippen molar-refractivity contribution in [2.75, 3.05) is 27.4 Å². The average Bonchev–Trinajstić information content (AvgIpc) is 3.32. The number of methoxy groups -OCH3 is 2. The number of ether oxygens (including phenoxy) is 3. The summed E-state index contributed by atoms with van der Waals surface area (Å²) in [5, 5.41) is 1.17. The Bertz CT molecular complexity index is 1090. The minimum absolute atomic E-state index is 0.0201. The predicted molar refractivity (Wildman–Crippen MR) is 108 cm³/mol. The summed E-state index contributed by atoms with van der Waals surface area (Å²) in [6.07, 6.45) is 2.98. The summed E-state index contributed by atoms with van der Waals surface area (Å²) in [5.74, 6) is 0.914. The SMILES string of the molecule is C/C=C1/CN2[C@H]3[C@@H]4OCC3(C(=O)OC)C1C[C@H]2c1c4c2cccc(OC)c2n1C. The van der Waals surface area contributed by atoms with Crippen LogP contribution in [0.3, 0.4) is 0 Å². The molecule has 4 bridgehead atoms. The third-order valence-corrected chi connectivity index (χ3v) is 7.99. The Hall–Kier alpha value is -2.31. The topological polar surface area (TPSA) is 52.9 Å². The molecule has 0 radical (unpaired) electrons. The van der Waals surface area contributed by atoms with Gasteiger partial charge in [0.1, 0.15) is 17.3 Å². The van der Waals surface area contributed by atoms with Crippen LogP contribution in [-0.2, 0) is 21.3 Å². The van der Waals surface area contributed by atoms with Crippen LogP contribution in [0.15, 0.2) is 29.8 Å². The summed E-state index contributed by atoms with van der Waals surface area (Å²) in [6.45, 7) is 3.39. The van der Waals surface area contributed by atoms with Crippen molar-refractivity contribution in [1.29, 1.82) is 0 Å². The maximum Gasteiger partial charge on any atom is 0.316 e. The lowest BCUT2D eigenvalue weighted by atomic mass is 9.56. The summed E-state index contributed by atoms with van der Waals surface area (Å²) in [6, 6.07) is 6.51. The van der Waals surface area contributed by atoms with Gasteiger partial charge in [0.15, 0.2) is 0 Å². The molecule has 0 saturated carbocycles. The van der Waals surface area contributed by atoms with Gasteiger partial charge in [-0.05, 0) is 19.4 Å². The van der Waals surface area contributed by atoms with Gasteiger partial charge in [-0.3, -0.25) is 9.69 Å². The second-order valence-electron chi connectivity index (χ2n) is 8.76. The lowest BCUT2D eigenvalue weighted by Gasteiger charge is -2.60. The fourth-order valence-electron chi connectivity index (χ4n) is 6.93. The van der Waals surface area contributed by atoms with Crippen LogP contribution in [0, 0.1) is 11.3 Å². The standard InChI is InChI=1S/C23H26N2O4/c1-5-12-10-25-15-9-14(12)23(22(26)28-4)11-29-20(21(23)25)17-13-7-6-8-16(27-3)18(13)24(2)19(15)17/h5-8,14-15,20-21H,9-11H2,1-4H3/b12-5-/t14?,15-,20+,21-,23?/m0/s1. The number of carbonyl (C=O) groups is 1. The maximum absolute atomic E-state index is 13.2. The lowest BCUT2D eigenvalue weighted by molar-refractivity contribution is -0.171. The van der Waals surface area contributed by atoms with E-state index in [2.05, 4.69) is 35.6 Å². The van der Waals surface area contributed by atoms with Gasteiger partial charge < -0.3 is 18.8 Å². The summed E-state index contributed by atoms with van der Waals surface area (Å²) in [7, 11) is 5.36. The Morgan fingerprint density at radius 3 is 2.90 bits per heavy atom. The Morgan fingerprint density at radius 1 is 1.34 bits per heavy atom. The van der Waals surface area contributed by atoms with Gasteiger partial charge >= 0.3 is 5.97 Å². The van der Waals surface area contributed by atoms with Gasteiger partial charge in [-0.15, -0.1) is 0 Å². The zero-order valence-corrected chi connectivity index (χ0v) is 17.3. The number of allylic oxidation sites excluding steroid dienone is 1. The lowest BCUT2D eigenvalue weighted by Crippen LogP contribution is -2.67. The van der Waals surface area contributed by atoms with Crippen LogP contribution in [0.2, 0.25) is 0 Å². The number of piperidine rings is 3. The fourth-order valence-corrected chi connectivity index (χ4v) is 6.93. The highest BCUT2D eigenvalue weighted by molar-refractivity contribution is 5.92. The van der Waals surface area contributed by atoms with Crippen molar-refractivity contribution < 1.29 is 19.0 Å². The molecule has 0 N–H and O–H groups in total. The molecular weight excluding hydrogens is 368 g/mol. The van der Waals surface area contributed by atoms with E-state index in [1.165, 1.54) is 29.3 Å². The van der Waals surface area contributed by atoms with Gasteiger partial charge in [0.2, 0.25) is 0 Å². The molecule has 7 rings (SSSR count). The van der Waals surface area contributed by atoms with E-state index < -0.39 is 5.41 Å². The van der Waals surface area contributed by atoms with E-state index in [4.69, 9.17) is 14.2 Å². The minimum atomic E-state index is -0.616. The number of esters is 1. The molecule has 3 unspecified atom stereocenters. The number of nitrogens with zero attached hydrogens (tertiary/aromatic N) is 2. The molecule has 6 heterocycles. The van der Waals surface area contributed by atoms with Gasteiger partial charge in [0.05, 0.1) is 38.4 Å². The third-order valence-electron chi connectivity index (χ3n) is 7.99. The van der Waals surface area contributed by atoms with E-state index in [1.54, 1.807) is 7.11 Å². The highest BCUT2D eigenvalue weighted by Gasteiger charge is 2.71. The molecule has 2 aromatic rings. The second kappa shape index (κ2) is 5.64. The molecule has 4 saturated heterocycles. The van der Waals surface area contributed by atoms with Gasteiger partial charge in [-0.25, -0.2) is 0 Å². The number of aromatic nitrogens is 1. The third kappa shape index (κ3) is 1.79. The van der Waals surface area contributed by atoms with Crippen LogP contribution < -0.4 is 4.74 Å². The van der Waals surface area contributed by atoms with Gasteiger partial charge in [0, 0.05) is 36.2 Å². The predicted octanol–water partition coefficient (Wildman–Crippen LogP) is 3.12. The Kier molecular flexibility index (Phi) is 3.41. The summed E-state index contributed by atoms with van der Waals surface area (Å²) in [4.78, 5) is 15.7. The average molecular weight is 394 g/mol. The molecule has 0 spiro atoms. The van der Waals surface area contributed by atoms with Crippen LogP contribution in [0.4, 0.5) is 0 Å². The van der Waals surface area contributed by atoms with E-state index >= 15 is 0 Å². The number of carbonyl (C=O) groups excluding carboxylic acids is 1. The van der Waals surface area contributed by atoms with E-state index in [-0.39, 0.29) is 30.1 Å². The Balaban J connectivity index is 1.66. The molecule has 6 atom stereocenters. The first-order valence-electron chi connectivity index (χ1n) is 10.3. The molecular formula is C23H26N2O4. The van der Waals surface area contributed by atoms with Gasteiger partial charge in [-0.2, -0.15) is 0 Å². The molecule has 5 aliphatic rings. The smallest absolute Gasteiger partial charge is 0.316 e. The van der Waals surface area contributed by atoms with Gasteiger partial charge in [-0.1, -0.05) is 23.8 Å². The molecule has 6 heteroatoms. The zero-order chi connectivity index (χ0) is 20.1. The Labute approximate surface area is 170 Å². The molecule has 0 aliphatic carbocycles. The van der Waals surface area contributed by atoms with Crippen LogP contribution in [0.25, 0.3) is 10.9 Å². The molecule has 29 heavy (non-hydrogen) atoms. The number of hydrogen-bond acceptors (Lipinski definition) is 5. The van der Waals surface area contributed by atoms with Crippen molar-refractivity contribution >= 4 is 16.9 Å². The monoisotopic (exact) mass is 394 g/mol. The first-order valence-corrected chi connectivity index (χ1v) is 10.3. The van der Waals surface area contributed by atoms with Crippen LogP contribution in [0.1, 0.15) is 36.7 Å². The van der Waals surface area contributed by atoms with Crippen molar-refractivity contribution in [3.8, 4) is 5.75 Å². The van der Waals surface area contributed by atoms with Crippen molar-refractivity contribution in [2.24, 2.45) is 18.4 Å². The fraction of sp³-hybridized carbons (Fsp3) is 0.522. The molecule has 1 aromatic carbocycles. The summed E-state index contributed by atoms with van der Waals surface area (Å²) < 4.78 is 19.8. The number of hydrogen-bond donors (Lipinski definition) is 0. The highest BCUT2D eigenvalue weighted by Crippen LogP contribution is 2.66. The van der Waals surface area contributed by atoms with Crippen molar-refractivity contribution in [3.63, 3.8) is 0 Å². The summed E-state index contributed by atoms with van der Waals surface area (Å²) >= 11 is 0. The number of rotatable bonds is 2. The van der Waals surface area contributed by atoms with E-state index in [0.29, 0.717) is 6.61 Å². The zero-order valence-electron chi connectivity index (χ0n) is 17.3. The van der Waals surface area contributed by atoms with Crippen LogP contribution >= 0.6 is 0 Å². The first kappa shape index (κ1) is 17.5. The van der Waals surface area contributed by atoms with Gasteiger partial charge in [0.25, 0.3) is 0 Å². The largest absolute Gasteiger partial charge is 0.495 e. The normalized spacial score (nSPS) is 37.8. The van der Waals surface area contributed by atoms with Crippen molar-refractivity contribution in [3.05, 3.63) is 41.1 Å². The Morgan fingerprint density at radius 2 is 2.17 bits per heavy atom. The molecule has 1 aromatic heterocycles. The number of benzene rings is 1. The second-order valence-corrected chi connectivity index (χ2v) is 8.76. The molecule has 6 nitrogen and oxygen atoms in total. The molecule has 152 valence electrons. The number of para-hydroxylation sites is 1. The molecule has 4 fully saturated rings. The highest BCUT2D eigenvalue weighted by atomic mass is 16.5. The quantitative estimate of drug-likeness (QED) is 0.579. The summed E-state index contributed by atoms with van der Waals surface area (Å²) in [5.41, 5.74) is 4.38. The number of aryl methyl sites for hydroxylation is 1. The van der Waals surface area contributed by atoms with Crippen molar-refractivity contribution in [1.82, 2.24) is 9.47 Å². The molecule has 0 amide bonds. The van der Waals surface area contributed by atoms with Crippen molar-refractivity contribution in [2.45, 2.75) is 31.5 Å². The van der Waals surface area contributed by atoms with E-state index in [1.807, 2.05) is 12.1 Å². The maximum atomic E-state index is 13.2. The number of fused-ring (bicyclic) bond motifs is 5.